The first-order valence-electron chi connectivity index (χ1n) is 7.23. The van der Waals surface area contributed by atoms with E-state index >= 15 is 0 Å². The van der Waals surface area contributed by atoms with Gasteiger partial charge in [-0.15, -0.1) is 11.3 Å². The molecule has 1 heterocycles. The quantitative estimate of drug-likeness (QED) is 0.779. The fourth-order valence-electron chi connectivity index (χ4n) is 2.89. The minimum atomic E-state index is -1.05. The van der Waals surface area contributed by atoms with Gasteiger partial charge in [-0.2, -0.15) is 0 Å². The fourth-order valence-corrected chi connectivity index (χ4v) is 3.60. The van der Waals surface area contributed by atoms with Gasteiger partial charge >= 0.3 is 12.0 Å². The molecule has 1 aliphatic carbocycles. The maximum Gasteiger partial charge on any atom is 0.355 e. The molecule has 2 rings (SSSR count). The molecule has 21 heavy (non-hydrogen) atoms. The second-order valence-corrected chi connectivity index (χ2v) is 6.41. The van der Waals surface area contributed by atoms with E-state index in [4.69, 9.17) is 5.11 Å². The number of urea groups is 1. The highest BCUT2D eigenvalue weighted by molar-refractivity contribution is 7.09. The molecule has 0 bridgehead atoms. The number of amides is 2. The number of thiazole rings is 1. The molecule has 1 saturated carbocycles. The lowest BCUT2D eigenvalue weighted by atomic mass is 9.94. The first-order valence-corrected chi connectivity index (χ1v) is 8.11. The lowest BCUT2D eigenvalue weighted by Crippen LogP contribution is -2.43. The van der Waals surface area contributed by atoms with E-state index in [1.165, 1.54) is 16.7 Å². The zero-order valence-electron chi connectivity index (χ0n) is 12.3. The molecule has 7 heteroatoms. The summed E-state index contributed by atoms with van der Waals surface area (Å²) in [7, 11) is 0. The summed E-state index contributed by atoms with van der Waals surface area (Å²) < 4.78 is 0. The largest absolute Gasteiger partial charge is 0.476 e. The third kappa shape index (κ3) is 3.93. The van der Waals surface area contributed by atoms with Gasteiger partial charge in [0, 0.05) is 11.4 Å². The molecule has 2 amide bonds. The van der Waals surface area contributed by atoms with Crippen molar-refractivity contribution < 1.29 is 14.7 Å². The van der Waals surface area contributed by atoms with Crippen LogP contribution in [-0.2, 0) is 6.54 Å². The van der Waals surface area contributed by atoms with Gasteiger partial charge in [-0.1, -0.05) is 20.3 Å². The number of nitrogens with zero attached hydrogens (tertiary/aromatic N) is 1. The molecular weight excluding hydrogens is 290 g/mol. The first kappa shape index (κ1) is 15.8. The lowest BCUT2D eigenvalue weighted by Gasteiger charge is -2.21. The number of hydrogen-bond donors (Lipinski definition) is 3. The van der Waals surface area contributed by atoms with Crippen molar-refractivity contribution in [3.05, 3.63) is 16.1 Å². The number of carbonyl (C=O) groups is 2. The van der Waals surface area contributed by atoms with E-state index in [0.717, 1.165) is 19.3 Å². The van der Waals surface area contributed by atoms with Gasteiger partial charge in [0.05, 0.1) is 6.54 Å². The summed E-state index contributed by atoms with van der Waals surface area (Å²) in [6, 6.07) is 0.0107. The Morgan fingerprint density at radius 2 is 2.24 bits per heavy atom. The Hall–Kier alpha value is -1.63. The number of aromatic carboxylic acids is 1. The van der Waals surface area contributed by atoms with Crippen LogP contribution in [0.1, 0.15) is 48.6 Å². The van der Waals surface area contributed by atoms with Crippen LogP contribution in [0.15, 0.2) is 5.38 Å². The maximum atomic E-state index is 11.9. The highest BCUT2D eigenvalue weighted by Crippen LogP contribution is 2.33. The molecule has 3 unspecified atom stereocenters. The number of carboxylic acid groups (broad SMARTS) is 1. The van der Waals surface area contributed by atoms with Crippen molar-refractivity contribution >= 4 is 23.3 Å². The van der Waals surface area contributed by atoms with Gasteiger partial charge < -0.3 is 15.7 Å². The minimum Gasteiger partial charge on any atom is -0.476 e. The second kappa shape index (κ2) is 6.89. The summed E-state index contributed by atoms with van der Waals surface area (Å²) in [6.07, 6.45) is 3.34. The van der Waals surface area contributed by atoms with E-state index in [-0.39, 0.29) is 24.3 Å². The highest BCUT2D eigenvalue weighted by Gasteiger charge is 2.32. The van der Waals surface area contributed by atoms with E-state index < -0.39 is 5.97 Å². The monoisotopic (exact) mass is 311 g/mol. The minimum absolute atomic E-state index is 0.0208. The average Bonchev–Trinajstić information content (AvgIpc) is 3.05. The standard InChI is InChI=1S/C14H21N3O3S/c1-3-9-4-5-10(8(9)2)17-14(20)15-6-12-16-11(7-21-12)13(18)19/h7-10H,3-6H2,1-2H3,(H,18,19)(H2,15,17,20). The fraction of sp³-hybridized carbons (Fsp3) is 0.643. The van der Waals surface area contributed by atoms with Crippen LogP contribution in [0.4, 0.5) is 4.79 Å². The van der Waals surface area contributed by atoms with E-state index in [1.54, 1.807) is 0 Å². The van der Waals surface area contributed by atoms with Gasteiger partial charge in [0.15, 0.2) is 5.69 Å². The van der Waals surface area contributed by atoms with Gasteiger partial charge in [0.25, 0.3) is 0 Å². The lowest BCUT2D eigenvalue weighted by molar-refractivity contribution is 0.0691. The molecule has 1 aromatic rings. The molecule has 3 atom stereocenters. The van der Waals surface area contributed by atoms with Crippen molar-refractivity contribution in [3.8, 4) is 0 Å². The van der Waals surface area contributed by atoms with Crippen molar-refractivity contribution in [2.24, 2.45) is 11.8 Å². The van der Waals surface area contributed by atoms with Crippen LogP contribution in [0.3, 0.4) is 0 Å². The molecule has 1 aromatic heterocycles. The summed E-state index contributed by atoms with van der Waals surface area (Å²) in [5.74, 6) is 0.138. The Morgan fingerprint density at radius 1 is 1.48 bits per heavy atom. The first-order chi connectivity index (χ1) is 10.0. The van der Waals surface area contributed by atoms with Crippen molar-refractivity contribution in [2.45, 2.75) is 45.7 Å². The summed E-state index contributed by atoms with van der Waals surface area (Å²) in [4.78, 5) is 26.5. The zero-order chi connectivity index (χ0) is 15.4. The van der Waals surface area contributed by atoms with Crippen LogP contribution in [0.25, 0.3) is 0 Å². The van der Waals surface area contributed by atoms with Crippen molar-refractivity contribution in [3.63, 3.8) is 0 Å². The molecule has 3 N–H and O–H groups in total. The molecule has 0 aromatic carbocycles. The Labute approximate surface area is 128 Å². The molecule has 6 nitrogen and oxygen atoms in total. The van der Waals surface area contributed by atoms with Gasteiger partial charge in [-0.3, -0.25) is 0 Å². The predicted molar refractivity (Wildman–Crippen MR) is 80.4 cm³/mol. The van der Waals surface area contributed by atoms with Gasteiger partial charge in [-0.25, -0.2) is 14.6 Å². The molecule has 0 aliphatic heterocycles. The van der Waals surface area contributed by atoms with Crippen LogP contribution in [0.2, 0.25) is 0 Å². The summed E-state index contributed by atoms with van der Waals surface area (Å²) in [5, 5.41) is 16.6. The Kier molecular flexibility index (Phi) is 5.17. The SMILES string of the molecule is CCC1CCC(NC(=O)NCc2nc(C(=O)O)cs2)C1C. The number of rotatable bonds is 5. The van der Waals surface area contributed by atoms with E-state index in [2.05, 4.69) is 29.5 Å². The number of aromatic nitrogens is 1. The third-order valence-electron chi connectivity index (χ3n) is 4.24. The molecule has 0 saturated heterocycles. The second-order valence-electron chi connectivity index (χ2n) is 5.47. The van der Waals surface area contributed by atoms with Crippen molar-refractivity contribution in [2.75, 3.05) is 0 Å². The summed E-state index contributed by atoms with van der Waals surface area (Å²) >= 11 is 1.23. The zero-order valence-corrected chi connectivity index (χ0v) is 13.1. The number of nitrogens with one attached hydrogen (secondary N) is 2. The molecule has 116 valence electrons. The molecule has 0 radical (unpaired) electrons. The third-order valence-corrected chi connectivity index (χ3v) is 5.09. The van der Waals surface area contributed by atoms with Crippen LogP contribution in [0, 0.1) is 11.8 Å². The smallest absolute Gasteiger partial charge is 0.355 e. The van der Waals surface area contributed by atoms with Crippen LogP contribution < -0.4 is 10.6 Å². The van der Waals surface area contributed by atoms with E-state index in [1.807, 2.05) is 0 Å². The highest BCUT2D eigenvalue weighted by atomic mass is 32.1. The van der Waals surface area contributed by atoms with Crippen LogP contribution in [0.5, 0.6) is 0 Å². The van der Waals surface area contributed by atoms with Crippen LogP contribution >= 0.6 is 11.3 Å². The molecular formula is C14H21N3O3S. The number of carboxylic acids is 1. The average molecular weight is 311 g/mol. The predicted octanol–water partition coefficient (Wildman–Crippen LogP) is 2.47. The van der Waals surface area contributed by atoms with E-state index in [9.17, 15) is 9.59 Å². The van der Waals surface area contributed by atoms with Gasteiger partial charge in [0.1, 0.15) is 5.01 Å². The normalized spacial score (nSPS) is 24.8. The Bertz CT molecular complexity index is 517. The van der Waals surface area contributed by atoms with Gasteiger partial charge in [0.2, 0.25) is 0 Å². The Morgan fingerprint density at radius 3 is 2.81 bits per heavy atom. The topological polar surface area (TPSA) is 91.3 Å². The van der Waals surface area contributed by atoms with E-state index in [0.29, 0.717) is 16.8 Å². The maximum absolute atomic E-state index is 11.9. The molecule has 0 spiro atoms. The van der Waals surface area contributed by atoms with Gasteiger partial charge in [-0.05, 0) is 24.7 Å². The summed E-state index contributed by atoms with van der Waals surface area (Å²) in [6.45, 7) is 4.63. The Balaban J connectivity index is 1.78. The number of hydrogen-bond acceptors (Lipinski definition) is 4. The van der Waals surface area contributed by atoms with Crippen molar-refractivity contribution in [1.29, 1.82) is 0 Å². The van der Waals surface area contributed by atoms with Crippen molar-refractivity contribution in [1.82, 2.24) is 15.6 Å². The molecule has 1 aliphatic rings. The summed E-state index contributed by atoms with van der Waals surface area (Å²) in [5.41, 5.74) is 0.0208. The van der Waals surface area contributed by atoms with Crippen LogP contribution in [-0.4, -0.2) is 28.1 Å². The number of carbonyl (C=O) groups excluding carboxylic acids is 1. The molecule has 1 fully saturated rings.